The molecule has 10 nitrogen and oxygen atoms in total. The van der Waals surface area contributed by atoms with Gasteiger partial charge in [-0.2, -0.15) is 0 Å². The maximum absolute atomic E-state index is 13.4. The Morgan fingerprint density at radius 1 is 1.15 bits per heavy atom. The van der Waals surface area contributed by atoms with Crippen LogP contribution in [0.1, 0.15) is 44.1 Å². The molecule has 0 aromatic heterocycles. The summed E-state index contributed by atoms with van der Waals surface area (Å²) in [4.78, 5) is 54.1. The van der Waals surface area contributed by atoms with Gasteiger partial charge < -0.3 is 20.2 Å². The van der Waals surface area contributed by atoms with Crippen molar-refractivity contribution in [2.45, 2.75) is 63.3 Å². The number of carboxylic acids is 1. The van der Waals surface area contributed by atoms with E-state index < -0.39 is 24.2 Å². The fourth-order valence-electron chi connectivity index (χ4n) is 5.21. The van der Waals surface area contributed by atoms with Gasteiger partial charge in [-0.05, 0) is 37.0 Å². The molecule has 3 fully saturated rings. The number of urea groups is 1. The van der Waals surface area contributed by atoms with Crippen LogP contribution in [0.15, 0.2) is 24.3 Å². The number of hydrogen-bond acceptors (Lipinski definition) is 5. The Balaban J connectivity index is 1.58. The number of nitrogens with one attached hydrogen (secondary N) is 1. The van der Waals surface area contributed by atoms with Gasteiger partial charge in [0.2, 0.25) is 11.8 Å². The Hall–Kier alpha value is -3.21. The molecule has 2 heterocycles. The first kappa shape index (κ1) is 23.9. The predicted octanol–water partition coefficient (Wildman–Crippen LogP) is 1.37. The molecule has 2 saturated heterocycles. The molecule has 3 aliphatic rings. The van der Waals surface area contributed by atoms with Crippen LogP contribution >= 0.6 is 0 Å². The normalized spacial score (nSPS) is 23.9. The Labute approximate surface area is 197 Å². The van der Waals surface area contributed by atoms with Gasteiger partial charge in [-0.15, -0.1) is 0 Å². The van der Waals surface area contributed by atoms with Gasteiger partial charge in [-0.1, -0.05) is 25.0 Å². The SMILES string of the molecule is CN1CC(=O)N2[C@@H](CCC(=O)O)C(=O)N(C3CCCC3)C[C@@H]2N1C(=O)NCc1ccc(F)cc1. The molecule has 0 bridgehead atoms. The largest absolute Gasteiger partial charge is 0.481 e. The van der Waals surface area contributed by atoms with Crippen molar-refractivity contribution in [1.29, 1.82) is 0 Å². The summed E-state index contributed by atoms with van der Waals surface area (Å²) in [6, 6.07) is 4.43. The lowest BCUT2D eigenvalue weighted by Crippen LogP contribution is -2.76. The van der Waals surface area contributed by atoms with Gasteiger partial charge in [-0.25, -0.2) is 19.2 Å². The highest BCUT2D eigenvalue weighted by molar-refractivity contribution is 5.92. The fraction of sp³-hybridized carbons (Fsp3) is 0.565. The minimum Gasteiger partial charge on any atom is -0.481 e. The number of fused-ring (bicyclic) bond motifs is 1. The van der Waals surface area contributed by atoms with E-state index in [-0.39, 0.29) is 56.1 Å². The summed E-state index contributed by atoms with van der Waals surface area (Å²) in [6.07, 6.45) is 2.71. The molecule has 1 aliphatic carbocycles. The molecule has 1 saturated carbocycles. The average Bonchev–Trinajstić information content (AvgIpc) is 3.32. The first-order chi connectivity index (χ1) is 16.3. The molecule has 1 aromatic rings. The van der Waals surface area contributed by atoms with E-state index in [2.05, 4.69) is 5.32 Å². The third-order valence-electron chi connectivity index (χ3n) is 6.85. The third-order valence-corrected chi connectivity index (χ3v) is 6.85. The Bertz CT molecular complexity index is 952. The zero-order valence-electron chi connectivity index (χ0n) is 19.2. The first-order valence-electron chi connectivity index (χ1n) is 11.6. The lowest BCUT2D eigenvalue weighted by molar-refractivity contribution is -0.189. The minimum absolute atomic E-state index is 0.00558. The average molecular weight is 476 g/mol. The molecular weight excluding hydrogens is 445 g/mol. The topological polar surface area (TPSA) is 114 Å². The van der Waals surface area contributed by atoms with Crippen LogP contribution in [0.2, 0.25) is 0 Å². The third kappa shape index (κ3) is 4.84. The summed E-state index contributed by atoms with van der Waals surface area (Å²) in [5.74, 6) is -1.97. The van der Waals surface area contributed by atoms with Gasteiger partial charge in [0.25, 0.3) is 0 Å². The zero-order valence-corrected chi connectivity index (χ0v) is 19.2. The maximum Gasteiger partial charge on any atom is 0.334 e. The van der Waals surface area contributed by atoms with Crippen LogP contribution in [0.5, 0.6) is 0 Å². The van der Waals surface area contributed by atoms with Crippen LogP contribution in [-0.4, -0.2) is 87.1 Å². The summed E-state index contributed by atoms with van der Waals surface area (Å²) in [5.41, 5.74) is 0.716. The van der Waals surface area contributed by atoms with Crippen molar-refractivity contribution in [3.63, 3.8) is 0 Å². The summed E-state index contributed by atoms with van der Waals surface area (Å²) in [5, 5.41) is 15.0. The highest BCUT2D eigenvalue weighted by Crippen LogP contribution is 2.32. The van der Waals surface area contributed by atoms with Crippen LogP contribution in [0, 0.1) is 5.82 Å². The number of piperazine rings is 1. The van der Waals surface area contributed by atoms with E-state index in [1.54, 1.807) is 24.1 Å². The summed E-state index contributed by atoms with van der Waals surface area (Å²) >= 11 is 0. The smallest absolute Gasteiger partial charge is 0.334 e. The second-order valence-electron chi connectivity index (χ2n) is 9.10. The molecule has 0 unspecified atom stereocenters. The number of halogens is 1. The number of rotatable bonds is 6. The van der Waals surface area contributed by atoms with Crippen molar-refractivity contribution in [2.24, 2.45) is 0 Å². The van der Waals surface area contributed by atoms with Gasteiger partial charge >= 0.3 is 12.0 Å². The van der Waals surface area contributed by atoms with Crippen molar-refractivity contribution < 1.29 is 28.7 Å². The molecule has 4 amide bonds. The van der Waals surface area contributed by atoms with Crippen molar-refractivity contribution >= 4 is 23.8 Å². The second-order valence-corrected chi connectivity index (χ2v) is 9.10. The quantitative estimate of drug-likeness (QED) is 0.643. The van der Waals surface area contributed by atoms with Gasteiger partial charge in [0.05, 0.1) is 13.1 Å². The van der Waals surface area contributed by atoms with Crippen LogP contribution in [0.25, 0.3) is 0 Å². The summed E-state index contributed by atoms with van der Waals surface area (Å²) in [6.45, 7) is 0.228. The number of likely N-dealkylation sites (N-methyl/N-ethyl adjacent to an activating group) is 1. The van der Waals surface area contributed by atoms with Crippen LogP contribution in [-0.2, 0) is 20.9 Å². The fourth-order valence-corrected chi connectivity index (χ4v) is 5.21. The van der Waals surface area contributed by atoms with Crippen molar-refractivity contribution in [3.8, 4) is 0 Å². The van der Waals surface area contributed by atoms with E-state index in [1.165, 1.54) is 27.1 Å². The van der Waals surface area contributed by atoms with E-state index in [9.17, 15) is 28.7 Å². The molecule has 2 atom stereocenters. The number of hydrogen-bond donors (Lipinski definition) is 2. The molecule has 34 heavy (non-hydrogen) atoms. The Morgan fingerprint density at radius 3 is 2.47 bits per heavy atom. The van der Waals surface area contributed by atoms with E-state index in [0.717, 1.165) is 25.7 Å². The molecule has 2 N–H and O–H groups in total. The Morgan fingerprint density at radius 2 is 1.82 bits per heavy atom. The monoisotopic (exact) mass is 475 g/mol. The van der Waals surface area contributed by atoms with E-state index in [0.29, 0.717) is 5.56 Å². The highest BCUT2D eigenvalue weighted by atomic mass is 19.1. The van der Waals surface area contributed by atoms with Crippen molar-refractivity contribution in [2.75, 3.05) is 20.1 Å². The standard InChI is InChI=1S/C23H30FN5O5/c1-26-14-20(30)28-18(10-11-21(31)32)22(33)27(17-4-2-3-5-17)13-19(28)29(26)23(34)25-12-15-6-8-16(24)9-7-15/h6-9,17-19H,2-5,10-14H2,1H3,(H,25,34)(H,31,32)/t18-,19-/m0/s1. The molecule has 2 aliphatic heterocycles. The molecule has 0 spiro atoms. The lowest BCUT2D eigenvalue weighted by atomic mass is 10.00. The number of carboxylic acid groups (broad SMARTS) is 1. The number of aliphatic carboxylic acids is 1. The van der Waals surface area contributed by atoms with Gasteiger partial charge in [0.15, 0.2) is 0 Å². The number of hydrazine groups is 1. The molecular formula is C23H30FN5O5. The van der Waals surface area contributed by atoms with Crippen molar-refractivity contribution in [3.05, 3.63) is 35.6 Å². The van der Waals surface area contributed by atoms with Crippen molar-refractivity contribution in [1.82, 2.24) is 25.1 Å². The van der Waals surface area contributed by atoms with Crippen LogP contribution < -0.4 is 5.32 Å². The van der Waals surface area contributed by atoms with Crippen LogP contribution in [0.4, 0.5) is 9.18 Å². The molecule has 1 aromatic carbocycles. The van der Waals surface area contributed by atoms with E-state index in [4.69, 9.17) is 0 Å². The zero-order chi connectivity index (χ0) is 24.4. The lowest BCUT2D eigenvalue weighted by Gasteiger charge is -2.55. The Kier molecular flexibility index (Phi) is 7.01. The van der Waals surface area contributed by atoms with Gasteiger partial charge in [0.1, 0.15) is 18.0 Å². The summed E-state index contributed by atoms with van der Waals surface area (Å²) < 4.78 is 13.2. The predicted molar refractivity (Wildman–Crippen MR) is 118 cm³/mol. The summed E-state index contributed by atoms with van der Waals surface area (Å²) in [7, 11) is 1.63. The van der Waals surface area contributed by atoms with Gasteiger partial charge in [-0.3, -0.25) is 14.4 Å². The minimum atomic E-state index is -1.04. The second kappa shape index (κ2) is 9.96. The van der Waals surface area contributed by atoms with Gasteiger partial charge in [0, 0.05) is 26.1 Å². The van der Waals surface area contributed by atoms with E-state index in [1.807, 2.05) is 0 Å². The number of amides is 4. The number of carbonyl (C=O) groups is 4. The highest BCUT2D eigenvalue weighted by Gasteiger charge is 2.51. The molecule has 11 heteroatoms. The first-order valence-corrected chi connectivity index (χ1v) is 11.6. The van der Waals surface area contributed by atoms with Crippen LogP contribution in [0.3, 0.4) is 0 Å². The number of nitrogens with zero attached hydrogens (tertiary/aromatic N) is 4. The molecule has 4 rings (SSSR count). The molecule has 0 radical (unpaired) electrons. The number of carbonyl (C=O) groups excluding carboxylic acids is 3. The number of benzene rings is 1. The molecule has 184 valence electrons. The van der Waals surface area contributed by atoms with E-state index >= 15 is 0 Å². The maximum atomic E-state index is 13.4.